The van der Waals surface area contributed by atoms with E-state index in [4.69, 9.17) is 19.1 Å². The van der Waals surface area contributed by atoms with Gasteiger partial charge in [0.1, 0.15) is 12.7 Å². The van der Waals surface area contributed by atoms with E-state index in [0.717, 1.165) is 57.8 Å². The van der Waals surface area contributed by atoms with E-state index in [1.165, 1.54) is 44.9 Å². The number of esters is 2. The molecule has 0 aliphatic carbocycles. The van der Waals surface area contributed by atoms with E-state index >= 15 is 0 Å². The van der Waals surface area contributed by atoms with E-state index in [2.05, 4.69) is 30.5 Å². The van der Waals surface area contributed by atoms with E-state index in [1.807, 2.05) is 0 Å². The summed E-state index contributed by atoms with van der Waals surface area (Å²) in [6.45, 7) is 2.27. The number of rotatable bonds is 31. The van der Waals surface area contributed by atoms with E-state index in [-0.39, 0.29) is 19.4 Å². The average Bonchev–Trinajstić information content (AvgIpc) is 2.99. The number of hydrogen-bond acceptors (Lipinski definition) is 9. The first-order valence-electron chi connectivity index (χ1n) is 16.6. The second-order valence-corrected chi connectivity index (χ2v) is 12.6. The van der Waals surface area contributed by atoms with Gasteiger partial charge in [-0.1, -0.05) is 109 Å². The summed E-state index contributed by atoms with van der Waals surface area (Å²) >= 11 is 0. The van der Waals surface area contributed by atoms with Crippen molar-refractivity contribution in [2.45, 2.75) is 154 Å². The fourth-order valence-electron chi connectivity index (χ4n) is 4.27. The Morgan fingerprint density at radius 3 is 1.74 bits per heavy atom. The SMILES string of the molecule is CCCC/C=C/CCCCCCCC(=O)O[C@H](COC(=O)CCCCCCCCCCC)COP(=O)(O)OC[C@@H](O)CO. The van der Waals surface area contributed by atoms with Crippen LogP contribution in [0.3, 0.4) is 0 Å². The summed E-state index contributed by atoms with van der Waals surface area (Å²) in [5.41, 5.74) is 0. The molecule has 0 aromatic carbocycles. The summed E-state index contributed by atoms with van der Waals surface area (Å²) in [5, 5.41) is 18.2. The van der Waals surface area contributed by atoms with E-state index < -0.39 is 51.8 Å². The molecule has 0 rings (SSSR count). The van der Waals surface area contributed by atoms with Gasteiger partial charge in [0, 0.05) is 12.8 Å². The van der Waals surface area contributed by atoms with Crippen molar-refractivity contribution < 1.29 is 47.8 Å². The Kier molecular flexibility index (Phi) is 28.5. The number of allylic oxidation sites excluding steroid dienone is 2. The minimum Gasteiger partial charge on any atom is -0.462 e. The zero-order chi connectivity index (χ0) is 32.0. The summed E-state index contributed by atoms with van der Waals surface area (Å²) in [7, 11) is -4.60. The van der Waals surface area contributed by atoms with Crippen molar-refractivity contribution in [3.05, 3.63) is 12.2 Å². The monoisotopic (exact) mass is 636 g/mol. The molecule has 0 radical (unpaired) electrons. The van der Waals surface area contributed by atoms with Gasteiger partial charge in [0.05, 0.1) is 19.8 Å². The molecule has 0 saturated carbocycles. The molecule has 0 aliphatic heterocycles. The molecule has 0 fully saturated rings. The molecule has 11 heteroatoms. The normalized spacial score (nSPS) is 14.4. The molecule has 1 unspecified atom stereocenters. The molecule has 3 N–H and O–H groups in total. The third-order valence-corrected chi connectivity index (χ3v) is 7.87. The lowest BCUT2D eigenvalue weighted by molar-refractivity contribution is -0.161. The van der Waals surface area contributed by atoms with Crippen molar-refractivity contribution in [3.63, 3.8) is 0 Å². The summed E-state index contributed by atoms with van der Waals surface area (Å²) in [5.74, 6) is -0.939. The van der Waals surface area contributed by atoms with Crippen molar-refractivity contribution in [2.24, 2.45) is 0 Å². The lowest BCUT2D eigenvalue weighted by Crippen LogP contribution is -2.29. The third kappa shape index (κ3) is 29.2. The fraction of sp³-hybridized carbons (Fsp3) is 0.875. The van der Waals surface area contributed by atoms with Crippen LogP contribution < -0.4 is 0 Å². The van der Waals surface area contributed by atoms with E-state index in [0.29, 0.717) is 12.8 Å². The highest BCUT2D eigenvalue weighted by Gasteiger charge is 2.27. The molecule has 0 aromatic heterocycles. The minimum absolute atomic E-state index is 0.176. The maximum atomic E-state index is 12.4. The predicted octanol–water partition coefficient (Wildman–Crippen LogP) is 7.33. The third-order valence-electron chi connectivity index (χ3n) is 6.92. The van der Waals surface area contributed by atoms with Crippen LogP contribution in [-0.2, 0) is 32.7 Å². The van der Waals surface area contributed by atoms with Gasteiger partial charge in [-0.2, -0.15) is 0 Å². The Hall–Kier alpha value is -1.29. The molecule has 254 valence electrons. The highest BCUT2D eigenvalue weighted by molar-refractivity contribution is 7.47. The van der Waals surface area contributed by atoms with E-state index in [1.54, 1.807) is 0 Å². The van der Waals surface area contributed by atoms with Crippen molar-refractivity contribution in [1.82, 2.24) is 0 Å². The smallest absolute Gasteiger partial charge is 0.462 e. The maximum Gasteiger partial charge on any atom is 0.472 e. The number of unbranched alkanes of at least 4 members (excludes halogenated alkanes) is 15. The van der Waals surface area contributed by atoms with Crippen LogP contribution in [0.25, 0.3) is 0 Å². The molecule has 0 spiro atoms. The first kappa shape index (κ1) is 41.7. The number of aliphatic hydroxyl groups excluding tert-OH is 2. The van der Waals surface area contributed by atoms with Crippen LogP contribution >= 0.6 is 7.82 Å². The first-order chi connectivity index (χ1) is 20.7. The topological polar surface area (TPSA) is 149 Å². The molecule has 0 saturated heterocycles. The molecule has 0 amide bonds. The molecular formula is C32H61O10P. The quantitative estimate of drug-likeness (QED) is 0.0306. The Morgan fingerprint density at radius 2 is 1.16 bits per heavy atom. The zero-order valence-corrected chi connectivity index (χ0v) is 27.8. The molecule has 0 aromatic rings. The van der Waals surface area contributed by atoms with Gasteiger partial charge in [-0.15, -0.1) is 0 Å². The number of carbonyl (C=O) groups is 2. The Balaban J connectivity index is 4.46. The van der Waals surface area contributed by atoms with Crippen LogP contribution in [0.1, 0.15) is 142 Å². The Morgan fingerprint density at radius 1 is 0.674 bits per heavy atom. The second-order valence-electron chi connectivity index (χ2n) is 11.2. The van der Waals surface area contributed by atoms with Gasteiger partial charge in [-0.25, -0.2) is 4.57 Å². The van der Waals surface area contributed by atoms with Gasteiger partial charge in [0.25, 0.3) is 0 Å². The predicted molar refractivity (Wildman–Crippen MR) is 168 cm³/mol. The second kappa shape index (κ2) is 29.4. The Bertz CT molecular complexity index is 746. The van der Waals surface area contributed by atoms with Crippen LogP contribution in [0.4, 0.5) is 0 Å². The highest BCUT2D eigenvalue weighted by atomic mass is 31.2. The van der Waals surface area contributed by atoms with Gasteiger partial charge in [-0.3, -0.25) is 18.6 Å². The standard InChI is InChI=1S/C32H61O10P/c1-3-5-7-9-11-13-14-16-18-20-22-24-32(36)42-30(28-41-43(37,38)40-26-29(34)25-33)27-39-31(35)23-21-19-17-15-12-10-8-6-4-2/h9,11,29-30,33-34H,3-8,10,12-28H2,1-2H3,(H,37,38)/b11-9+/t29-,30+/m0/s1. The van der Waals surface area contributed by atoms with Gasteiger partial charge in [0.2, 0.25) is 0 Å². The number of phosphoric acid groups is 1. The summed E-state index contributed by atoms with van der Waals surface area (Å²) < 4.78 is 32.4. The number of hydrogen-bond donors (Lipinski definition) is 3. The number of ether oxygens (including phenoxy) is 2. The minimum atomic E-state index is -4.60. The van der Waals surface area contributed by atoms with Crippen LogP contribution in [-0.4, -0.2) is 65.7 Å². The number of carbonyl (C=O) groups excluding carboxylic acids is 2. The van der Waals surface area contributed by atoms with E-state index in [9.17, 15) is 24.2 Å². The average molecular weight is 637 g/mol. The highest BCUT2D eigenvalue weighted by Crippen LogP contribution is 2.43. The van der Waals surface area contributed by atoms with Crippen LogP contribution in [0.15, 0.2) is 12.2 Å². The van der Waals surface area contributed by atoms with Crippen molar-refractivity contribution >= 4 is 19.8 Å². The molecule has 10 nitrogen and oxygen atoms in total. The van der Waals surface area contributed by atoms with Gasteiger partial charge >= 0.3 is 19.8 Å². The number of aliphatic hydroxyl groups is 2. The van der Waals surface area contributed by atoms with Crippen molar-refractivity contribution in [1.29, 1.82) is 0 Å². The molecule has 0 heterocycles. The summed E-state index contributed by atoms with van der Waals surface area (Å²) in [4.78, 5) is 34.5. The Labute approximate surface area is 260 Å². The van der Waals surface area contributed by atoms with Crippen LogP contribution in [0, 0.1) is 0 Å². The van der Waals surface area contributed by atoms with Gasteiger partial charge in [0.15, 0.2) is 6.10 Å². The maximum absolute atomic E-state index is 12.4. The van der Waals surface area contributed by atoms with Crippen LogP contribution in [0.2, 0.25) is 0 Å². The zero-order valence-electron chi connectivity index (χ0n) is 26.9. The molecule has 3 atom stereocenters. The molecule has 43 heavy (non-hydrogen) atoms. The molecule has 0 bridgehead atoms. The molecular weight excluding hydrogens is 575 g/mol. The summed E-state index contributed by atoms with van der Waals surface area (Å²) in [6.07, 6.45) is 22.0. The first-order valence-corrected chi connectivity index (χ1v) is 18.1. The fourth-order valence-corrected chi connectivity index (χ4v) is 5.06. The van der Waals surface area contributed by atoms with Crippen molar-refractivity contribution in [3.8, 4) is 0 Å². The van der Waals surface area contributed by atoms with Crippen LogP contribution in [0.5, 0.6) is 0 Å². The van der Waals surface area contributed by atoms with Gasteiger partial charge < -0.3 is 24.6 Å². The van der Waals surface area contributed by atoms with Crippen molar-refractivity contribution in [2.75, 3.05) is 26.4 Å². The lowest BCUT2D eigenvalue weighted by Gasteiger charge is -2.20. The lowest BCUT2D eigenvalue weighted by atomic mass is 10.1. The molecule has 0 aliphatic rings. The number of phosphoric ester groups is 1. The summed E-state index contributed by atoms with van der Waals surface area (Å²) in [6, 6.07) is 0. The largest absolute Gasteiger partial charge is 0.472 e. The van der Waals surface area contributed by atoms with Gasteiger partial charge in [-0.05, 0) is 32.1 Å².